The zero-order chi connectivity index (χ0) is 11.0. The number of nitrogens with two attached hydrogens (primary N) is 1. The third-order valence-corrected chi connectivity index (χ3v) is 2.21. The van der Waals surface area contributed by atoms with Crippen molar-refractivity contribution in [2.75, 3.05) is 5.73 Å². The molecule has 86 valence electrons. The molecule has 0 fully saturated rings. The Morgan fingerprint density at radius 1 is 1.19 bits per heavy atom. The highest BCUT2D eigenvalue weighted by Gasteiger charge is 2.20. The van der Waals surface area contributed by atoms with Crippen LogP contribution in [-0.2, 0) is 0 Å². The smallest absolute Gasteiger partial charge is 0.451 e. The second kappa shape index (κ2) is 4.57. The molecule has 2 aromatic rings. The molecule has 0 aliphatic heterocycles. The highest BCUT2D eigenvalue weighted by atomic mass is 35.5. The molecule has 6 heteroatoms. The van der Waals surface area contributed by atoms with Gasteiger partial charge in [0, 0.05) is 12.1 Å². The molecule has 0 radical (unpaired) electrons. The highest BCUT2D eigenvalue weighted by Crippen LogP contribution is 2.22. The molecule has 16 heavy (non-hydrogen) atoms. The van der Waals surface area contributed by atoms with Crippen LogP contribution in [0.2, 0.25) is 0 Å². The van der Waals surface area contributed by atoms with Crippen molar-refractivity contribution in [1.82, 2.24) is 0 Å². The second-order valence-electron chi connectivity index (χ2n) is 3.09. The molecular weight excluding hydrogens is 241 g/mol. The predicted molar refractivity (Wildman–Crippen MR) is 49.8 cm³/mol. The Morgan fingerprint density at radius 3 is 2.50 bits per heavy atom. The van der Waals surface area contributed by atoms with Crippen LogP contribution < -0.4 is 22.7 Å². The van der Waals surface area contributed by atoms with Crippen LogP contribution in [-0.4, -0.2) is 0 Å². The Balaban J connectivity index is 0.00000128. The molecule has 0 bridgehead atoms. The quantitative estimate of drug-likeness (QED) is 0.522. The first-order valence-corrected chi connectivity index (χ1v) is 4.27. The van der Waals surface area contributed by atoms with Crippen molar-refractivity contribution in [3.63, 3.8) is 0 Å². The fourth-order valence-electron chi connectivity index (χ4n) is 1.48. The number of aromatic nitrogens is 1. The predicted octanol–water partition coefficient (Wildman–Crippen LogP) is -0.752. The van der Waals surface area contributed by atoms with Gasteiger partial charge in [-0.05, 0) is 12.1 Å². The molecule has 0 spiro atoms. The topological polar surface area (TPSA) is 29.9 Å². The van der Waals surface area contributed by atoms with Gasteiger partial charge in [0.2, 0.25) is 5.52 Å². The van der Waals surface area contributed by atoms with Gasteiger partial charge in [0.25, 0.3) is 0 Å². The maximum Gasteiger partial charge on any atom is 0.451 e. The number of pyridine rings is 1. The summed E-state index contributed by atoms with van der Waals surface area (Å²) >= 11 is 0. The van der Waals surface area contributed by atoms with Crippen molar-refractivity contribution < 1.29 is 30.1 Å². The minimum atomic E-state index is -2.67. The van der Waals surface area contributed by atoms with Gasteiger partial charge in [0.1, 0.15) is 5.82 Å². The molecule has 0 saturated heterocycles. The van der Waals surface area contributed by atoms with Crippen molar-refractivity contribution in [3.8, 4) is 0 Å². The minimum Gasteiger partial charge on any atom is -1.00 e. The van der Waals surface area contributed by atoms with Gasteiger partial charge in [-0.2, -0.15) is 0 Å². The molecule has 2 N–H and O–H groups in total. The Hall–Kier alpha value is -1.49. The van der Waals surface area contributed by atoms with Crippen molar-refractivity contribution in [2.45, 2.75) is 6.55 Å². The zero-order valence-electron chi connectivity index (χ0n) is 8.00. The number of nitrogens with zero attached hydrogens (tertiary/aromatic N) is 1. The SMILES string of the molecule is Nc1c(F)ccc2c1ccc[n+]2C(F)F.[Cl-]. The summed E-state index contributed by atoms with van der Waals surface area (Å²) in [5.74, 6) is -0.602. The van der Waals surface area contributed by atoms with E-state index < -0.39 is 12.4 Å². The average molecular weight is 249 g/mol. The number of hydrogen-bond acceptors (Lipinski definition) is 1. The van der Waals surface area contributed by atoms with E-state index in [-0.39, 0.29) is 29.0 Å². The first-order chi connectivity index (χ1) is 7.11. The lowest BCUT2D eigenvalue weighted by Crippen LogP contribution is -3.00. The largest absolute Gasteiger partial charge is 1.00 e. The first-order valence-electron chi connectivity index (χ1n) is 4.27. The standard InChI is InChI=1S/C10H7F3N2.ClH/c11-7-3-4-8-6(9(7)14)2-1-5-15(8)10(12)13;/h1-5,10,14H;1H. The zero-order valence-corrected chi connectivity index (χ0v) is 8.76. The van der Waals surface area contributed by atoms with E-state index in [1.165, 1.54) is 24.4 Å². The molecule has 0 amide bonds. The van der Waals surface area contributed by atoms with Crippen LogP contribution in [0.1, 0.15) is 6.55 Å². The van der Waals surface area contributed by atoms with Crippen LogP contribution in [0.25, 0.3) is 10.9 Å². The minimum absolute atomic E-state index is 0. The summed E-state index contributed by atoms with van der Waals surface area (Å²) in [6.07, 6.45) is 1.23. The molecule has 2 rings (SSSR count). The highest BCUT2D eigenvalue weighted by molar-refractivity contribution is 5.88. The molecule has 2 nitrogen and oxygen atoms in total. The first kappa shape index (κ1) is 12.6. The van der Waals surface area contributed by atoms with Gasteiger partial charge in [-0.3, -0.25) is 0 Å². The molecular formula is C10H8ClF3N2. The fraction of sp³-hybridized carbons (Fsp3) is 0.100. The summed E-state index contributed by atoms with van der Waals surface area (Å²) in [6.45, 7) is -2.67. The van der Waals surface area contributed by atoms with E-state index in [0.29, 0.717) is 0 Å². The molecule has 0 unspecified atom stereocenters. The number of anilines is 1. The monoisotopic (exact) mass is 248 g/mol. The third kappa shape index (κ3) is 1.90. The van der Waals surface area contributed by atoms with Crippen LogP contribution in [0, 0.1) is 5.82 Å². The summed E-state index contributed by atoms with van der Waals surface area (Å²) in [6, 6.07) is 5.28. The summed E-state index contributed by atoms with van der Waals surface area (Å²) in [5, 5.41) is 0.290. The summed E-state index contributed by atoms with van der Waals surface area (Å²) in [4.78, 5) is 0. The number of hydrogen-bond donors (Lipinski definition) is 1. The van der Waals surface area contributed by atoms with E-state index in [1.54, 1.807) is 0 Å². The van der Waals surface area contributed by atoms with Crippen LogP contribution in [0.3, 0.4) is 0 Å². The average Bonchev–Trinajstić information content (AvgIpc) is 2.23. The molecule has 0 aliphatic rings. The van der Waals surface area contributed by atoms with E-state index in [9.17, 15) is 13.2 Å². The van der Waals surface area contributed by atoms with Crippen LogP contribution in [0.5, 0.6) is 0 Å². The van der Waals surface area contributed by atoms with Crippen LogP contribution >= 0.6 is 0 Å². The van der Waals surface area contributed by atoms with Crippen LogP contribution in [0.15, 0.2) is 30.5 Å². The maximum absolute atomic E-state index is 13.1. The lowest BCUT2D eigenvalue weighted by atomic mass is 10.2. The third-order valence-electron chi connectivity index (χ3n) is 2.21. The Bertz CT molecular complexity index is 517. The van der Waals surface area contributed by atoms with Gasteiger partial charge in [0.05, 0.1) is 11.1 Å². The maximum atomic E-state index is 13.1. The van der Waals surface area contributed by atoms with Crippen molar-refractivity contribution in [1.29, 1.82) is 0 Å². The Labute approximate surface area is 95.9 Å². The Kier molecular flexibility index (Phi) is 3.59. The van der Waals surface area contributed by atoms with Gasteiger partial charge in [-0.1, -0.05) is 0 Å². The van der Waals surface area contributed by atoms with Crippen LogP contribution in [0.4, 0.5) is 18.9 Å². The molecule has 1 aromatic carbocycles. The van der Waals surface area contributed by atoms with Crippen molar-refractivity contribution in [3.05, 3.63) is 36.3 Å². The van der Waals surface area contributed by atoms with Gasteiger partial charge < -0.3 is 18.1 Å². The van der Waals surface area contributed by atoms with E-state index in [0.717, 1.165) is 10.6 Å². The Morgan fingerprint density at radius 2 is 1.88 bits per heavy atom. The van der Waals surface area contributed by atoms with E-state index in [2.05, 4.69) is 0 Å². The number of benzene rings is 1. The normalized spacial score (nSPS) is 10.5. The van der Waals surface area contributed by atoms with Gasteiger partial charge >= 0.3 is 6.55 Å². The summed E-state index contributed by atoms with van der Waals surface area (Å²) in [7, 11) is 0. The molecule has 1 aromatic heterocycles. The lowest BCUT2D eigenvalue weighted by molar-refractivity contribution is -0.751. The number of nitrogen functional groups attached to an aromatic ring is 1. The van der Waals surface area contributed by atoms with Crippen molar-refractivity contribution in [2.24, 2.45) is 0 Å². The number of rotatable bonds is 1. The molecule has 0 atom stereocenters. The number of halogens is 4. The molecule has 0 saturated carbocycles. The summed E-state index contributed by atoms with van der Waals surface area (Å²) in [5.41, 5.74) is 5.56. The fourth-order valence-corrected chi connectivity index (χ4v) is 1.48. The van der Waals surface area contributed by atoms with Gasteiger partial charge in [-0.15, -0.1) is 13.3 Å². The molecule has 0 aliphatic carbocycles. The lowest BCUT2D eigenvalue weighted by Gasteiger charge is -2.02. The van der Waals surface area contributed by atoms with E-state index >= 15 is 0 Å². The van der Waals surface area contributed by atoms with Crippen molar-refractivity contribution >= 4 is 16.6 Å². The van der Waals surface area contributed by atoms with Gasteiger partial charge in [-0.25, -0.2) is 4.39 Å². The molecule has 1 heterocycles. The van der Waals surface area contributed by atoms with Gasteiger partial charge in [0.15, 0.2) is 6.20 Å². The second-order valence-corrected chi connectivity index (χ2v) is 3.09. The van der Waals surface area contributed by atoms with E-state index in [4.69, 9.17) is 5.73 Å². The van der Waals surface area contributed by atoms with E-state index in [1.807, 2.05) is 0 Å². The summed E-state index contributed by atoms with van der Waals surface area (Å²) < 4.78 is 38.9. The number of alkyl halides is 2. The number of fused-ring (bicyclic) bond motifs is 1.